The average molecular weight is 525 g/mol. The maximum Gasteiger partial charge on any atom is 0.267 e. The highest BCUT2D eigenvalue weighted by atomic mass is 35.5. The van der Waals surface area contributed by atoms with Gasteiger partial charge < -0.3 is 4.74 Å². The van der Waals surface area contributed by atoms with E-state index in [1.807, 2.05) is 31.2 Å². The second-order valence-electron chi connectivity index (χ2n) is 9.04. The second-order valence-corrected chi connectivity index (χ2v) is 11.5. The Morgan fingerprint density at radius 3 is 2.60 bits per heavy atom. The van der Waals surface area contributed by atoms with Gasteiger partial charge in [0.15, 0.2) is 10.9 Å². The molecule has 5 rings (SSSR count). The van der Waals surface area contributed by atoms with Gasteiger partial charge in [-0.2, -0.15) is 0 Å². The third-order valence-corrected chi connectivity index (χ3v) is 8.81. The fourth-order valence-electron chi connectivity index (χ4n) is 4.20. The van der Waals surface area contributed by atoms with E-state index >= 15 is 0 Å². The van der Waals surface area contributed by atoms with Crippen LogP contribution in [0.2, 0.25) is 5.02 Å². The number of aromatic nitrogens is 2. The summed E-state index contributed by atoms with van der Waals surface area (Å²) in [5.74, 6) is 0.113. The molecule has 0 spiro atoms. The molecule has 0 unspecified atom stereocenters. The van der Waals surface area contributed by atoms with Crippen LogP contribution < -0.4 is 5.56 Å². The fraction of sp³-hybridized carbons (Fsp3) is 0.296. The first-order valence-corrected chi connectivity index (χ1v) is 13.7. The van der Waals surface area contributed by atoms with Crippen molar-refractivity contribution in [2.75, 3.05) is 5.75 Å². The maximum atomic E-state index is 14.0. The van der Waals surface area contributed by atoms with Gasteiger partial charge in [-0.15, -0.1) is 11.3 Å². The van der Waals surface area contributed by atoms with E-state index in [-0.39, 0.29) is 22.7 Å². The quantitative estimate of drug-likeness (QED) is 0.161. The summed E-state index contributed by atoms with van der Waals surface area (Å²) in [5.41, 5.74) is 3.08. The Morgan fingerprint density at radius 1 is 1.20 bits per heavy atom. The highest BCUT2D eigenvalue weighted by molar-refractivity contribution is 7.99. The number of rotatable bonds is 6. The van der Waals surface area contributed by atoms with Crippen LogP contribution >= 0.6 is 34.7 Å². The standard InChI is InChI=1S/C27H25ClN2O3S2/c1-4-27(3)13-20-22(14-33-27)35-24-23(20)25(32)30(19-11-5-16(2)6-12-19)26(29-24)34-15-21(31)17-7-9-18(28)10-8-17/h5-12H,4,13-15H2,1-3H3/t27-/m0/s1. The second kappa shape index (κ2) is 9.54. The SMILES string of the molecule is CC[C@@]1(C)Cc2c(sc3nc(SCC(=O)c4ccc(Cl)cc4)n(-c4ccc(C)cc4)c(=O)c23)CO1. The summed E-state index contributed by atoms with van der Waals surface area (Å²) in [7, 11) is 0. The molecule has 1 aliphatic rings. The molecule has 4 aromatic rings. The van der Waals surface area contributed by atoms with Crippen molar-refractivity contribution >= 4 is 50.7 Å². The normalized spacial score (nSPS) is 17.5. The number of thiophene rings is 1. The van der Waals surface area contributed by atoms with Crippen LogP contribution in [0.15, 0.2) is 58.5 Å². The molecule has 0 aliphatic carbocycles. The first kappa shape index (κ1) is 24.3. The number of fused-ring (bicyclic) bond motifs is 3. The Balaban J connectivity index is 1.60. The van der Waals surface area contributed by atoms with Crippen LogP contribution in [-0.4, -0.2) is 26.7 Å². The Kier molecular flexibility index (Phi) is 6.61. The van der Waals surface area contributed by atoms with Crippen LogP contribution in [0, 0.1) is 6.92 Å². The van der Waals surface area contributed by atoms with Crippen molar-refractivity contribution in [2.45, 2.75) is 51.0 Å². The van der Waals surface area contributed by atoms with Crippen LogP contribution in [0.3, 0.4) is 0 Å². The monoisotopic (exact) mass is 524 g/mol. The van der Waals surface area contributed by atoms with Gasteiger partial charge in [-0.1, -0.05) is 48.0 Å². The van der Waals surface area contributed by atoms with Gasteiger partial charge in [0.1, 0.15) is 4.83 Å². The van der Waals surface area contributed by atoms with Crippen molar-refractivity contribution in [3.8, 4) is 5.69 Å². The molecule has 8 heteroatoms. The van der Waals surface area contributed by atoms with E-state index in [1.54, 1.807) is 28.8 Å². The van der Waals surface area contributed by atoms with Crippen LogP contribution in [-0.2, 0) is 17.8 Å². The van der Waals surface area contributed by atoms with Gasteiger partial charge >= 0.3 is 0 Å². The lowest BCUT2D eigenvalue weighted by Crippen LogP contribution is -2.34. The number of carbonyl (C=O) groups excluding carboxylic acids is 1. The van der Waals surface area contributed by atoms with Crippen LogP contribution in [0.4, 0.5) is 0 Å². The van der Waals surface area contributed by atoms with Crippen LogP contribution in [0.25, 0.3) is 15.9 Å². The summed E-state index contributed by atoms with van der Waals surface area (Å²) in [4.78, 5) is 33.5. The summed E-state index contributed by atoms with van der Waals surface area (Å²) >= 11 is 8.75. The van der Waals surface area contributed by atoms with Crippen LogP contribution in [0.1, 0.15) is 46.6 Å². The van der Waals surface area contributed by atoms with Crippen molar-refractivity contribution < 1.29 is 9.53 Å². The van der Waals surface area contributed by atoms with E-state index in [0.29, 0.717) is 39.0 Å². The zero-order valence-electron chi connectivity index (χ0n) is 19.8. The van der Waals surface area contributed by atoms with Gasteiger partial charge in [0.25, 0.3) is 5.56 Å². The van der Waals surface area contributed by atoms with Crippen molar-refractivity contribution in [1.82, 2.24) is 9.55 Å². The number of aryl methyl sites for hydroxylation is 1. The fourth-order valence-corrected chi connectivity index (χ4v) is 6.37. The number of ether oxygens (including phenoxy) is 1. The van der Waals surface area contributed by atoms with Crippen molar-refractivity contribution in [2.24, 2.45) is 0 Å². The number of Topliss-reactive ketones (excluding diaryl/α,β-unsaturated/α-hetero) is 1. The van der Waals surface area contributed by atoms with Gasteiger partial charge in [-0.25, -0.2) is 4.98 Å². The summed E-state index contributed by atoms with van der Waals surface area (Å²) < 4.78 is 7.77. The molecule has 0 saturated heterocycles. The summed E-state index contributed by atoms with van der Waals surface area (Å²) in [5, 5.41) is 1.76. The molecule has 3 heterocycles. The van der Waals surface area contributed by atoms with E-state index in [0.717, 1.165) is 28.1 Å². The summed E-state index contributed by atoms with van der Waals surface area (Å²) in [6.45, 7) is 6.70. The number of hydrogen-bond donors (Lipinski definition) is 0. The van der Waals surface area contributed by atoms with Gasteiger partial charge in [0.05, 0.1) is 29.0 Å². The van der Waals surface area contributed by atoms with Crippen molar-refractivity contribution in [1.29, 1.82) is 0 Å². The molecule has 0 saturated carbocycles. The third-order valence-electron chi connectivity index (χ3n) is 6.52. The molecule has 35 heavy (non-hydrogen) atoms. The molecule has 0 radical (unpaired) electrons. The predicted octanol–water partition coefficient (Wildman–Crippen LogP) is 6.63. The summed E-state index contributed by atoms with van der Waals surface area (Å²) in [6.07, 6.45) is 1.55. The number of halogens is 1. The topological polar surface area (TPSA) is 61.2 Å². The van der Waals surface area contributed by atoms with Gasteiger partial charge in [0, 0.05) is 21.9 Å². The zero-order valence-corrected chi connectivity index (χ0v) is 22.1. The highest BCUT2D eigenvalue weighted by Gasteiger charge is 2.33. The predicted molar refractivity (Wildman–Crippen MR) is 144 cm³/mol. The number of carbonyl (C=O) groups is 1. The Labute approximate surface area is 217 Å². The van der Waals surface area contributed by atoms with E-state index in [9.17, 15) is 9.59 Å². The molecule has 5 nitrogen and oxygen atoms in total. The molecular formula is C27H25ClN2O3S2. The van der Waals surface area contributed by atoms with E-state index < -0.39 is 0 Å². The van der Waals surface area contributed by atoms with Gasteiger partial charge in [0.2, 0.25) is 0 Å². The molecule has 2 aromatic heterocycles. The largest absolute Gasteiger partial charge is 0.369 e. The van der Waals surface area contributed by atoms with E-state index in [1.165, 1.54) is 23.1 Å². The Morgan fingerprint density at radius 2 is 1.91 bits per heavy atom. The first-order chi connectivity index (χ1) is 16.8. The highest BCUT2D eigenvalue weighted by Crippen LogP contribution is 2.39. The molecule has 1 aliphatic heterocycles. The minimum atomic E-state index is -0.291. The molecule has 1 atom stereocenters. The molecular weight excluding hydrogens is 500 g/mol. The van der Waals surface area contributed by atoms with E-state index in [2.05, 4.69) is 13.8 Å². The molecule has 2 aromatic carbocycles. The minimum Gasteiger partial charge on any atom is -0.369 e. The zero-order chi connectivity index (χ0) is 24.7. The van der Waals surface area contributed by atoms with Gasteiger partial charge in [-0.3, -0.25) is 14.2 Å². The maximum absolute atomic E-state index is 14.0. The first-order valence-electron chi connectivity index (χ1n) is 11.5. The molecule has 0 fully saturated rings. The van der Waals surface area contributed by atoms with E-state index in [4.69, 9.17) is 21.3 Å². The number of nitrogens with zero attached hydrogens (tertiary/aromatic N) is 2. The number of hydrogen-bond acceptors (Lipinski definition) is 6. The molecule has 0 N–H and O–H groups in total. The lowest BCUT2D eigenvalue weighted by Gasteiger charge is -2.32. The Hall–Kier alpha value is -2.45. The van der Waals surface area contributed by atoms with Crippen molar-refractivity contribution in [3.63, 3.8) is 0 Å². The third kappa shape index (κ3) is 4.70. The average Bonchev–Trinajstić information content (AvgIpc) is 3.21. The smallest absolute Gasteiger partial charge is 0.267 e. The summed E-state index contributed by atoms with van der Waals surface area (Å²) in [6, 6.07) is 14.6. The molecule has 0 bridgehead atoms. The minimum absolute atomic E-state index is 0.0472. The molecule has 180 valence electrons. The number of thioether (sulfide) groups is 1. The number of ketones is 1. The number of benzene rings is 2. The Bertz CT molecular complexity index is 1480. The van der Waals surface area contributed by atoms with Gasteiger partial charge in [-0.05, 0) is 62.2 Å². The molecule has 0 amide bonds. The lowest BCUT2D eigenvalue weighted by molar-refractivity contribution is -0.0543. The van der Waals surface area contributed by atoms with Crippen LogP contribution in [0.5, 0.6) is 0 Å². The lowest BCUT2D eigenvalue weighted by atomic mass is 9.90. The van der Waals surface area contributed by atoms with Crippen molar-refractivity contribution in [3.05, 3.63) is 85.5 Å².